The Balaban J connectivity index is 1.17. The molecule has 0 saturated carbocycles. The lowest BCUT2D eigenvalue weighted by Gasteiger charge is -2.29. The molecule has 264 valence electrons. The molecule has 0 N–H and O–H groups in total. The summed E-state index contributed by atoms with van der Waals surface area (Å²) in [6.45, 7) is 0. The van der Waals surface area contributed by atoms with Gasteiger partial charge in [-0.3, -0.25) is 0 Å². The summed E-state index contributed by atoms with van der Waals surface area (Å²) in [5, 5.41) is 2.51. The highest BCUT2D eigenvalue weighted by atomic mass is 15.1. The van der Waals surface area contributed by atoms with E-state index in [2.05, 4.69) is 240 Å². The van der Waals surface area contributed by atoms with Gasteiger partial charge in [-0.25, -0.2) is 0 Å². The van der Waals surface area contributed by atoms with Crippen molar-refractivity contribution >= 4 is 38.9 Å². The van der Waals surface area contributed by atoms with E-state index in [0.717, 1.165) is 33.9 Å². The van der Waals surface area contributed by atoms with Gasteiger partial charge >= 0.3 is 0 Å². The fraction of sp³-hybridized carbons (Fsp3) is 0. The molecule has 0 aliphatic heterocycles. The van der Waals surface area contributed by atoms with E-state index in [4.69, 9.17) is 0 Å². The van der Waals surface area contributed by atoms with Crippen LogP contribution in [0.4, 0.5) is 17.1 Å². The molecule has 10 rings (SSSR count). The Morgan fingerprint density at radius 1 is 0.286 bits per heavy atom. The second-order valence-corrected chi connectivity index (χ2v) is 14.1. The molecule has 2 heteroatoms. The Hall–Kier alpha value is -7.42. The summed E-state index contributed by atoms with van der Waals surface area (Å²) in [6, 6.07) is 83.1. The van der Waals surface area contributed by atoms with Gasteiger partial charge in [0, 0.05) is 33.4 Å². The molecule has 0 saturated heterocycles. The van der Waals surface area contributed by atoms with E-state index >= 15 is 0 Å². The predicted molar refractivity (Wildman–Crippen MR) is 237 cm³/mol. The minimum atomic E-state index is 1.09. The molecule has 0 atom stereocenters. The average Bonchev–Trinajstić information content (AvgIpc) is 3.62. The van der Waals surface area contributed by atoms with Crippen molar-refractivity contribution in [2.24, 2.45) is 0 Å². The zero-order chi connectivity index (χ0) is 37.3. The fourth-order valence-corrected chi connectivity index (χ4v) is 8.18. The van der Waals surface area contributed by atoms with Crippen LogP contribution in [-0.4, -0.2) is 4.57 Å². The number of hydrogen-bond acceptors (Lipinski definition) is 1. The molecule has 0 aliphatic rings. The number of fused-ring (bicyclic) bond motifs is 3. The Morgan fingerprint density at radius 2 is 0.786 bits per heavy atom. The van der Waals surface area contributed by atoms with Crippen LogP contribution >= 0.6 is 0 Å². The molecular weight excluding hydrogens is 677 g/mol. The van der Waals surface area contributed by atoms with Crippen LogP contribution < -0.4 is 4.90 Å². The van der Waals surface area contributed by atoms with E-state index in [1.54, 1.807) is 0 Å². The summed E-state index contributed by atoms with van der Waals surface area (Å²) >= 11 is 0. The molecule has 0 fully saturated rings. The number of anilines is 3. The molecular formula is C54H38N2. The molecule has 0 bridgehead atoms. The van der Waals surface area contributed by atoms with Gasteiger partial charge in [0.15, 0.2) is 0 Å². The second kappa shape index (κ2) is 14.4. The third-order valence-corrected chi connectivity index (χ3v) is 10.8. The van der Waals surface area contributed by atoms with Crippen molar-refractivity contribution in [2.75, 3.05) is 4.90 Å². The van der Waals surface area contributed by atoms with Crippen molar-refractivity contribution in [3.05, 3.63) is 231 Å². The van der Waals surface area contributed by atoms with Crippen LogP contribution in [0.25, 0.3) is 72.0 Å². The molecule has 0 amide bonds. The highest BCUT2D eigenvalue weighted by Crippen LogP contribution is 2.45. The van der Waals surface area contributed by atoms with Gasteiger partial charge in [0.1, 0.15) is 0 Å². The minimum Gasteiger partial charge on any atom is -0.310 e. The Morgan fingerprint density at radius 3 is 1.45 bits per heavy atom. The van der Waals surface area contributed by atoms with E-state index in [-0.39, 0.29) is 0 Å². The van der Waals surface area contributed by atoms with Gasteiger partial charge < -0.3 is 9.47 Å². The van der Waals surface area contributed by atoms with E-state index in [1.807, 2.05) is 0 Å². The van der Waals surface area contributed by atoms with Gasteiger partial charge in [-0.2, -0.15) is 0 Å². The quantitative estimate of drug-likeness (QED) is 0.152. The molecule has 0 radical (unpaired) electrons. The molecule has 56 heavy (non-hydrogen) atoms. The van der Waals surface area contributed by atoms with Gasteiger partial charge in [-0.1, -0.05) is 176 Å². The second-order valence-electron chi connectivity index (χ2n) is 14.1. The van der Waals surface area contributed by atoms with Crippen molar-refractivity contribution in [3.63, 3.8) is 0 Å². The van der Waals surface area contributed by atoms with Gasteiger partial charge in [-0.05, 0) is 93.5 Å². The molecule has 10 aromatic rings. The summed E-state index contributed by atoms with van der Waals surface area (Å²) in [6.07, 6.45) is 0. The molecule has 0 spiro atoms. The van der Waals surface area contributed by atoms with Gasteiger partial charge in [0.2, 0.25) is 0 Å². The molecule has 9 aromatic carbocycles. The van der Waals surface area contributed by atoms with Gasteiger partial charge in [-0.15, -0.1) is 0 Å². The lowest BCUT2D eigenvalue weighted by atomic mass is 9.93. The third kappa shape index (κ3) is 6.04. The van der Waals surface area contributed by atoms with E-state index in [9.17, 15) is 0 Å². The van der Waals surface area contributed by atoms with Gasteiger partial charge in [0.05, 0.1) is 16.7 Å². The molecule has 2 nitrogen and oxygen atoms in total. The maximum Gasteiger partial charge on any atom is 0.0541 e. The first-order valence-corrected chi connectivity index (χ1v) is 19.2. The normalized spacial score (nSPS) is 11.2. The summed E-state index contributed by atoms with van der Waals surface area (Å²) in [5.74, 6) is 0. The lowest BCUT2D eigenvalue weighted by molar-refractivity contribution is 1.18. The van der Waals surface area contributed by atoms with E-state index in [1.165, 1.54) is 55.2 Å². The predicted octanol–water partition coefficient (Wildman–Crippen LogP) is 14.9. The zero-order valence-corrected chi connectivity index (χ0v) is 30.8. The average molecular weight is 715 g/mol. The number of nitrogens with zero attached hydrogens (tertiary/aromatic N) is 2. The Kier molecular flexibility index (Phi) is 8.55. The molecule has 1 aromatic heterocycles. The maximum atomic E-state index is 2.42. The van der Waals surface area contributed by atoms with Crippen molar-refractivity contribution in [1.82, 2.24) is 4.57 Å². The first-order chi connectivity index (χ1) is 27.8. The molecule has 0 aliphatic carbocycles. The van der Waals surface area contributed by atoms with Crippen LogP contribution in [-0.2, 0) is 0 Å². The first-order valence-electron chi connectivity index (χ1n) is 19.2. The fourth-order valence-electron chi connectivity index (χ4n) is 8.18. The van der Waals surface area contributed by atoms with Crippen molar-refractivity contribution in [2.45, 2.75) is 0 Å². The van der Waals surface area contributed by atoms with Crippen LogP contribution in [0.2, 0.25) is 0 Å². The number of para-hydroxylation sites is 3. The number of hydrogen-bond donors (Lipinski definition) is 0. The third-order valence-electron chi connectivity index (χ3n) is 10.8. The van der Waals surface area contributed by atoms with Crippen LogP contribution in [0.15, 0.2) is 231 Å². The van der Waals surface area contributed by atoms with E-state index < -0.39 is 0 Å². The van der Waals surface area contributed by atoms with Crippen molar-refractivity contribution < 1.29 is 0 Å². The standard InChI is InChI=1S/C54H38N2/c1-4-17-39(18-5-1)40-31-33-44(34-32-40)55(46-35-36-47(41-19-6-2-7-20-41)51(38-46)42-21-8-3-9-22-42)52-28-13-10-25-48(52)43-23-16-24-45(37-43)56-53-29-14-11-26-49(53)50-27-12-15-30-54(50)56/h1-38H. The zero-order valence-electron chi connectivity index (χ0n) is 30.8. The summed E-state index contributed by atoms with van der Waals surface area (Å²) < 4.78 is 2.39. The topological polar surface area (TPSA) is 8.17 Å². The van der Waals surface area contributed by atoms with Crippen LogP contribution in [0.1, 0.15) is 0 Å². The largest absolute Gasteiger partial charge is 0.310 e. The molecule has 0 unspecified atom stereocenters. The summed E-state index contributed by atoms with van der Waals surface area (Å²) in [5.41, 5.74) is 16.2. The number of aromatic nitrogens is 1. The maximum absolute atomic E-state index is 2.42. The first kappa shape index (κ1) is 33.2. The van der Waals surface area contributed by atoms with Gasteiger partial charge in [0.25, 0.3) is 0 Å². The van der Waals surface area contributed by atoms with Crippen LogP contribution in [0, 0.1) is 0 Å². The lowest BCUT2D eigenvalue weighted by Crippen LogP contribution is -2.11. The van der Waals surface area contributed by atoms with Crippen LogP contribution in [0.5, 0.6) is 0 Å². The number of benzene rings is 9. The smallest absolute Gasteiger partial charge is 0.0541 e. The highest BCUT2D eigenvalue weighted by molar-refractivity contribution is 6.09. The Labute approximate surface area is 327 Å². The van der Waals surface area contributed by atoms with Crippen LogP contribution in [0.3, 0.4) is 0 Å². The summed E-state index contributed by atoms with van der Waals surface area (Å²) in [7, 11) is 0. The molecule has 1 heterocycles. The van der Waals surface area contributed by atoms with Crippen molar-refractivity contribution in [1.29, 1.82) is 0 Å². The van der Waals surface area contributed by atoms with Crippen molar-refractivity contribution in [3.8, 4) is 50.2 Å². The minimum absolute atomic E-state index is 1.09. The summed E-state index contributed by atoms with van der Waals surface area (Å²) in [4.78, 5) is 2.42. The van der Waals surface area contributed by atoms with E-state index in [0.29, 0.717) is 0 Å². The highest BCUT2D eigenvalue weighted by Gasteiger charge is 2.20. The monoisotopic (exact) mass is 714 g/mol. The SMILES string of the molecule is c1ccc(-c2ccc(N(c3ccc(-c4ccccc4)c(-c4ccccc4)c3)c3ccccc3-c3cccc(-n4c5ccccc5c5ccccc54)c3)cc2)cc1. The Bertz CT molecular complexity index is 2890. The number of rotatable bonds is 8.